The van der Waals surface area contributed by atoms with Gasteiger partial charge in [-0.1, -0.05) is 6.92 Å². The molecule has 0 radical (unpaired) electrons. The normalized spacial score (nSPS) is 23.5. The van der Waals surface area contributed by atoms with Crippen LogP contribution in [0.1, 0.15) is 26.2 Å². The molecule has 1 aromatic heterocycles. The van der Waals surface area contributed by atoms with Gasteiger partial charge in [-0.2, -0.15) is 4.37 Å². The van der Waals surface area contributed by atoms with E-state index in [9.17, 15) is 0 Å². The van der Waals surface area contributed by atoms with Crippen molar-refractivity contribution in [3.05, 3.63) is 6.07 Å². The number of rotatable bonds is 1. The first kappa shape index (κ1) is 9.77. The predicted octanol–water partition coefficient (Wildman–Crippen LogP) is 2.35. The third kappa shape index (κ3) is 2.18. The smallest absolute Gasteiger partial charge is 0.139 e. The topological polar surface area (TPSA) is 42.1 Å². The Kier molecular flexibility index (Phi) is 2.91. The summed E-state index contributed by atoms with van der Waals surface area (Å²) in [5.74, 6) is 1.52. The Morgan fingerprint density at radius 2 is 2.36 bits per heavy atom. The quantitative estimate of drug-likeness (QED) is 0.775. The van der Waals surface area contributed by atoms with Crippen molar-refractivity contribution >= 4 is 22.4 Å². The molecule has 1 fully saturated rings. The van der Waals surface area contributed by atoms with Gasteiger partial charge in [0.25, 0.3) is 0 Å². The number of nitrogens with two attached hydrogens (primary N) is 1. The number of nitrogen functional groups attached to an aromatic ring is 1. The van der Waals surface area contributed by atoms with E-state index in [-0.39, 0.29) is 0 Å². The molecule has 0 saturated carbocycles. The number of hydrogen-bond acceptors (Lipinski definition) is 4. The van der Waals surface area contributed by atoms with E-state index in [0.29, 0.717) is 5.82 Å². The molecule has 3 nitrogen and oxygen atoms in total. The molecule has 14 heavy (non-hydrogen) atoms. The van der Waals surface area contributed by atoms with Gasteiger partial charge in [0, 0.05) is 19.2 Å². The van der Waals surface area contributed by atoms with Crippen LogP contribution in [0.5, 0.6) is 0 Å². The maximum absolute atomic E-state index is 5.62. The van der Waals surface area contributed by atoms with Gasteiger partial charge in [0.05, 0.1) is 0 Å². The average molecular weight is 211 g/mol. The Bertz CT molecular complexity index is 297. The fourth-order valence-corrected chi connectivity index (χ4v) is 2.63. The second-order valence-corrected chi connectivity index (χ2v) is 4.90. The van der Waals surface area contributed by atoms with Gasteiger partial charge in [0.2, 0.25) is 0 Å². The highest BCUT2D eigenvalue weighted by atomic mass is 32.1. The van der Waals surface area contributed by atoms with Gasteiger partial charge in [0.15, 0.2) is 0 Å². The van der Waals surface area contributed by atoms with Crippen LogP contribution in [-0.4, -0.2) is 17.5 Å². The standard InChI is InChI=1S/C10H17N3S/c1-8-3-2-5-13(6-4-8)10-7-9(11)12-14-10/h7-8H,2-6H2,1H3,(H2,11,12). The van der Waals surface area contributed by atoms with Crippen molar-refractivity contribution < 1.29 is 0 Å². The van der Waals surface area contributed by atoms with Crippen LogP contribution in [0.4, 0.5) is 10.8 Å². The second-order valence-electron chi connectivity index (χ2n) is 4.11. The van der Waals surface area contributed by atoms with Gasteiger partial charge in [0.1, 0.15) is 10.8 Å². The highest BCUT2D eigenvalue weighted by Crippen LogP contribution is 2.26. The van der Waals surface area contributed by atoms with Crippen LogP contribution in [0.2, 0.25) is 0 Å². The van der Waals surface area contributed by atoms with E-state index in [0.717, 1.165) is 19.0 Å². The van der Waals surface area contributed by atoms with Gasteiger partial charge < -0.3 is 10.6 Å². The summed E-state index contributed by atoms with van der Waals surface area (Å²) in [4.78, 5) is 2.41. The predicted molar refractivity (Wildman–Crippen MR) is 61.8 cm³/mol. The summed E-state index contributed by atoms with van der Waals surface area (Å²) in [7, 11) is 0. The molecule has 1 aliphatic rings. The molecular formula is C10H17N3S. The van der Waals surface area contributed by atoms with Crippen LogP contribution in [0.15, 0.2) is 6.07 Å². The number of nitrogens with zero attached hydrogens (tertiary/aromatic N) is 2. The van der Waals surface area contributed by atoms with Crippen LogP contribution in [0, 0.1) is 5.92 Å². The van der Waals surface area contributed by atoms with Crippen molar-refractivity contribution in [2.24, 2.45) is 5.92 Å². The van der Waals surface area contributed by atoms with E-state index in [1.807, 2.05) is 6.07 Å². The maximum atomic E-state index is 5.62. The minimum Gasteiger partial charge on any atom is -0.383 e. The molecule has 1 aromatic rings. The monoisotopic (exact) mass is 211 g/mol. The van der Waals surface area contributed by atoms with Crippen LogP contribution >= 0.6 is 11.5 Å². The molecule has 4 heteroatoms. The summed E-state index contributed by atoms with van der Waals surface area (Å²) >= 11 is 1.52. The van der Waals surface area contributed by atoms with E-state index in [1.54, 1.807) is 0 Å². The Labute approximate surface area is 89.1 Å². The lowest BCUT2D eigenvalue weighted by Gasteiger charge is -2.19. The number of hydrogen-bond donors (Lipinski definition) is 1. The number of anilines is 2. The Hall–Kier alpha value is -0.770. The molecule has 0 aromatic carbocycles. The molecule has 0 bridgehead atoms. The molecule has 2 heterocycles. The molecule has 1 saturated heterocycles. The van der Waals surface area contributed by atoms with Crippen LogP contribution in [0.25, 0.3) is 0 Å². The summed E-state index contributed by atoms with van der Waals surface area (Å²) in [6, 6.07) is 1.99. The minimum absolute atomic E-state index is 0.655. The second kappa shape index (κ2) is 4.17. The lowest BCUT2D eigenvalue weighted by Crippen LogP contribution is -2.22. The third-order valence-corrected chi connectivity index (χ3v) is 3.71. The van der Waals surface area contributed by atoms with Gasteiger partial charge >= 0.3 is 0 Å². The van der Waals surface area contributed by atoms with E-state index in [4.69, 9.17) is 5.73 Å². The van der Waals surface area contributed by atoms with Crippen molar-refractivity contribution in [3.8, 4) is 0 Å². The summed E-state index contributed by atoms with van der Waals surface area (Å²) in [5.41, 5.74) is 5.62. The minimum atomic E-state index is 0.655. The van der Waals surface area contributed by atoms with Crippen molar-refractivity contribution in [2.45, 2.75) is 26.2 Å². The highest BCUT2D eigenvalue weighted by Gasteiger charge is 2.15. The molecule has 0 amide bonds. The fourth-order valence-electron chi connectivity index (χ4n) is 1.91. The molecule has 1 atom stereocenters. The maximum Gasteiger partial charge on any atom is 0.139 e. The van der Waals surface area contributed by atoms with Gasteiger partial charge in [-0.3, -0.25) is 0 Å². The molecular weight excluding hydrogens is 194 g/mol. The summed E-state index contributed by atoms with van der Waals surface area (Å²) in [6.07, 6.45) is 3.93. The van der Waals surface area contributed by atoms with Gasteiger partial charge in [-0.15, -0.1) is 0 Å². The first-order valence-corrected chi connectivity index (χ1v) is 6.00. The lowest BCUT2D eigenvalue weighted by atomic mass is 10.0. The Morgan fingerprint density at radius 3 is 3.07 bits per heavy atom. The summed E-state index contributed by atoms with van der Waals surface area (Å²) in [5, 5.41) is 1.23. The zero-order chi connectivity index (χ0) is 9.97. The first-order chi connectivity index (χ1) is 6.75. The molecule has 0 spiro atoms. The Balaban J connectivity index is 2.04. The van der Waals surface area contributed by atoms with Crippen LogP contribution in [0.3, 0.4) is 0 Å². The van der Waals surface area contributed by atoms with Crippen molar-refractivity contribution in [1.82, 2.24) is 4.37 Å². The third-order valence-electron chi connectivity index (χ3n) is 2.84. The molecule has 1 unspecified atom stereocenters. The zero-order valence-electron chi connectivity index (χ0n) is 8.57. The SMILES string of the molecule is CC1CCCN(c2cc(N)ns2)CC1. The van der Waals surface area contributed by atoms with Crippen LogP contribution in [-0.2, 0) is 0 Å². The largest absolute Gasteiger partial charge is 0.383 e. The van der Waals surface area contributed by atoms with Crippen molar-refractivity contribution in [1.29, 1.82) is 0 Å². The molecule has 1 aliphatic heterocycles. The van der Waals surface area contributed by atoms with Gasteiger partial charge in [-0.25, -0.2) is 0 Å². The van der Waals surface area contributed by atoms with E-state index in [2.05, 4.69) is 16.2 Å². The zero-order valence-corrected chi connectivity index (χ0v) is 9.39. The Morgan fingerprint density at radius 1 is 1.50 bits per heavy atom. The lowest BCUT2D eigenvalue weighted by molar-refractivity contribution is 0.521. The molecule has 78 valence electrons. The van der Waals surface area contributed by atoms with E-state index >= 15 is 0 Å². The summed E-state index contributed by atoms with van der Waals surface area (Å²) < 4.78 is 4.12. The van der Waals surface area contributed by atoms with Gasteiger partial charge in [-0.05, 0) is 36.7 Å². The highest BCUT2D eigenvalue weighted by molar-refractivity contribution is 7.10. The molecule has 2 N–H and O–H groups in total. The van der Waals surface area contributed by atoms with Crippen molar-refractivity contribution in [2.75, 3.05) is 23.7 Å². The number of aromatic nitrogens is 1. The van der Waals surface area contributed by atoms with E-state index in [1.165, 1.54) is 35.8 Å². The molecule has 2 rings (SSSR count). The van der Waals surface area contributed by atoms with E-state index < -0.39 is 0 Å². The van der Waals surface area contributed by atoms with Crippen LogP contribution < -0.4 is 10.6 Å². The summed E-state index contributed by atoms with van der Waals surface area (Å²) in [6.45, 7) is 4.65. The van der Waals surface area contributed by atoms with Crippen molar-refractivity contribution in [3.63, 3.8) is 0 Å². The average Bonchev–Trinajstić information content (AvgIpc) is 2.46. The first-order valence-electron chi connectivity index (χ1n) is 5.23. The fraction of sp³-hybridized carbons (Fsp3) is 0.700. The molecule has 0 aliphatic carbocycles.